The van der Waals surface area contributed by atoms with Gasteiger partial charge in [0.2, 0.25) is 5.88 Å². The average Bonchev–Trinajstić information content (AvgIpc) is 3.12. The van der Waals surface area contributed by atoms with E-state index in [0.29, 0.717) is 24.7 Å². The van der Waals surface area contributed by atoms with Crippen molar-refractivity contribution >= 4 is 33.3 Å². The van der Waals surface area contributed by atoms with Gasteiger partial charge in [-0.15, -0.1) is 11.3 Å². The van der Waals surface area contributed by atoms with E-state index in [-0.39, 0.29) is 6.03 Å². The first-order valence-corrected chi connectivity index (χ1v) is 10.2. The van der Waals surface area contributed by atoms with Crippen molar-refractivity contribution in [1.29, 1.82) is 0 Å². The lowest BCUT2D eigenvalue weighted by Gasteiger charge is -2.17. The molecule has 2 aromatic heterocycles. The molecule has 0 aliphatic carbocycles. The zero-order valence-electron chi connectivity index (χ0n) is 15.5. The third-order valence-electron chi connectivity index (χ3n) is 3.87. The Balaban J connectivity index is 1.50. The number of halogens is 1. The first-order valence-electron chi connectivity index (χ1n) is 8.52. The standard InChI is InChI=1S/C20H20BrN3O3S/c1-24(12-18-8-15(21)13-28-18)20(25)23-11-14-6-7-19(22-10-14)27-17-5-3-4-16(9-17)26-2/h3-10,13H,11-12H2,1-2H3,(H,23,25). The number of benzene rings is 1. The molecule has 0 bridgehead atoms. The number of nitrogens with zero attached hydrogens (tertiary/aromatic N) is 2. The summed E-state index contributed by atoms with van der Waals surface area (Å²) in [4.78, 5) is 19.3. The fraction of sp³-hybridized carbons (Fsp3) is 0.200. The fourth-order valence-electron chi connectivity index (χ4n) is 2.42. The molecule has 3 rings (SSSR count). The number of urea groups is 1. The smallest absolute Gasteiger partial charge is 0.317 e. The molecule has 0 aliphatic heterocycles. The van der Waals surface area contributed by atoms with Crippen molar-refractivity contribution in [2.45, 2.75) is 13.1 Å². The molecule has 8 heteroatoms. The highest BCUT2D eigenvalue weighted by atomic mass is 79.9. The second-order valence-corrected chi connectivity index (χ2v) is 7.94. The van der Waals surface area contributed by atoms with Crippen LogP contribution in [0.2, 0.25) is 0 Å². The van der Waals surface area contributed by atoms with Crippen LogP contribution in [0.4, 0.5) is 4.79 Å². The number of rotatable bonds is 7. The van der Waals surface area contributed by atoms with E-state index < -0.39 is 0 Å². The van der Waals surface area contributed by atoms with Gasteiger partial charge in [-0.1, -0.05) is 12.1 Å². The van der Waals surface area contributed by atoms with Crippen molar-refractivity contribution < 1.29 is 14.3 Å². The number of hydrogen-bond donors (Lipinski definition) is 1. The van der Waals surface area contributed by atoms with E-state index in [1.54, 1.807) is 48.7 Å². The van der Waals surface area contributed by atoms with E-state index in [9.17, 15) is 4.79 Å². The van der Waals surface area contributed by atoms with E-state index in [1.807, 2.05) is 35.7 Å². The van der Waals surface area contributed by atoms with Crippen LogP contribution in [0.3, 0.4) is 0 Å². The van der Waals surface area contributed by atoms with E-state index in [4.69, 9.17) is 9.47 Å². The molecule has 0 aliphatic rings. The van der Waals surface area contributed by atoms with E-state index >= 15 is 0 Å². The van der Waals surface area contributed by atoms with Gasteiger partial charge >= 0.3 is 6.03 Å². The van der Waals surface area contributed by atoms with Crippen molar-refractivity contribution in [3.63, 3.8) is 0 Å². The van der Waals surface area contributed by atoms with Gasteiger partial charge in [0.15, 0.2) is 0 Å². The lowest BCUT2D eigenvalue weighted by atomic mass is 10.3. The summed E-state index contributed by atoms with van der Waals surface area (Å²) >= 11 is 5.04. The quantitative estimate of drug-likeness (QED) is 0.534. The van der Waals surface area contributed by atoms with Gasteiger partial charge in [0, 0.05) is 46.7 Å². The highest BCUT2D eigenvalue weighted by molar-refractivity contribution is 9.10. The van der Waals surface area contributed by atoms with Crippen LogP contribution in [-0.2, 0) is 13.1 Å². The predicted molar refractivity (Wildman–Crippen MR) is 113 cm³/mol. The van der Waals surface area contributed by atoms with Gasteiger partial charge in [-0.25, -0.2) is 9.78 Å². The van der Waals surface area contributed by atoms with Gasteiger partial charge in [0.25, 0.3) is 0 Å². The highest BCUT2D eigenvalue weighted by Crippen LogP contribution is 2.24. The van der Waals surface area contributed by atoms with Crippen LogP contribution in [0, 0.1) is 0 Å². The molecule has 1 N–H and O–H groups in total. The maximum atomic E-state index is 12.2. The Morgan fingerprint density at radius 2 is 2.07 bits per heavy atom. The normalized spacial score (nSPS) is 10.4. The minimum atomic E-state index is -0.138. The van der Waals surface area contributed by atoms with Gasteiger partial charge in [0.05, 0.1) is 13.7 Å². The van der Waals surface area contributed by atoms with Gasteiger partial charge in [0.1, 0.15) is 11.5 Å². The first kappa shape index (κ1) is 20.2. The Morgan fingerprint density at radius 1 is 1.25 bits per heavy atom. The van der Waals surface area contributed by atoms with Gasteiger partial charge in [-0.3, -0.25) is 0 Å². The molecular formula is C20H20BrN3O3S. The molecule has 0 saturated carbocycles. The highest BCUT2D eigenvalue weighted by Gasteiger charge is 2.10. The molecule has 0 atom stereocenters. The maximum absolute atomic E-state index is 12.2. The zero-order valence-corrected chi connectivity index (χ0v) is 17.9. The molecule has 0 saturated heterocycles. The summed E-state index contributed by atoms with van der Waals surface area (Å²) in [7, 11) is 3.38. The molecule has 146 valence electrons. The summed E-state index contributed by atoms with van der Waals surface area (Å²) in [6, 6.07) is 12.8. The molecule has 3 aromatic rings. The van der Waals surface area contributed by atoms with Crippen molar-refractivity contribution in [2.24, 2.45) is 0 Å². The fourth-order valence-corrected chi connectivity index (χ4v) is 3.92. The van der Waals surface area contributed by atoms with Crippen molar-refractivity contribution in [2.75, 3.05) is 14.2 Å². The van der Waals surface area contributed by atoms with E-state index in [0.717, 1.165) is 20.7 Å². The Hall–Kier alpha value is -2.58. The van der Waals surface area contributed by atoms with Crippen LogP contribution in [0.1, 0.15) is 10.4 Å². The number of nitrogens with one attached hydrogen (secondary N) is 1. The van der Waals surface area contributed by atoms with Crippen LogP contribution in [0.15, 0.2) is 58.5 Å². The minimum Gasteiger partial charge on any atom is -0.497 e. The maximum Gasteiger partial charge on any atom is 0.317 e. The lowest BCUT2D eigenvalue weighted by Crippen LogP contribution is -2.36. The number of carbonyl (C=O) groups excluding carboxylic acids is 1. The molecule has 0 radical (unpaired) electrons. The van der Waals surface area contributed by atoms with E-state index in [1.165, 1.54) is 0 Å². The topological polar surface area (TPSA) is 63.7 Å². The summed E-state index contributed by atoms with van der Waals surface area (Å²) in [5, 5.41) is 4.89. The van der Waals surface area contributed by atoms with Crippen LogP contribution < -0.4 is 14.8 Å². The largest absolute Gasteiger partial charge is 0.497 e. The Kier molecular flexibility index (Phi) is 6.89. The number of pyridine rings is 1. The van der Waals surface area contributed by atoms with Crippen LogP contribution in [0.5, 0.6) is 17.4 Å². The van der Waals surface area contributed by atoms with Crippen molar-refractivity contribution in [3.8, 4) is 17.4 Å². The lowest BCUT2D eigenvalue weighted by molar-refractivity contribution is 0.207. The molecule has 6 nitrogen and oxygen atoms in total. The van der Waals surface area contributed by atoms with E-state index in [2.05, 4.69) is 26.2 Å². The number of carbonyl (C=O) groups is 1. The third-order valence-corrected chi connectivity index (χ3v) is 5.55. The second kappa shape index (κ2) is 9.57. The number of methoxy groups -OCH3 is 1. The zero-order chi connectivity index (χ0) is 19.9. The van der Waals surface area contributed by atoms with Crippen molar-refractivity contribution in [3.05, 3.63) is 69.0 Å². The number of amides is 2. The Morgan fingerprint density at radius 3 is 2.75 bits per heavy atom. The van der Waals surface area contributed by atoms with Crippen molar-refractivity contribution in [1.82, 2.24) is 15.2 Å². The minimum absolute atomic E-state index is 0.138. The molecule has 0 spiro atoms. The number of hydrogen-bond acceptors (Lipinski definition) is 5. The first-order chi connectivity index (χ1) is 13.5. The summed E-state index contributed by atoms with van der Waals surface area (Å²) in [5.74, 6) is 1.84. The Bertz CT molecular complexity index is 930. The molecule has 2 heterocycles. The Labute approximate surface area is 176 Å². The second-order valence-electron chi connectivity index (χ2n) is 6.03. The van der Waals surface area contributed by atoms with Gasteiger partial charge in [-0.2, -0.15) is 0 Å². The molecule has 28 heavy (non-hydrogen) atoms. The molecule has 1 aromatic carbocycles. The predicted octanol–water partition coefficient (Wildman–Crippen LogP) is 5.05. The number of thiophene rings is 1. The number of ether oxygens (including phenoxy) is 2. The van der Waals surface area contributed by atoms with Gasteiger partial charge in [-0.05, 0) is 39.7 Å². The SMILES string of the molecule is COc1cccc(Oc2ccc(CNC(=O)N(C)Cc3cc(Br)cs3)cn2)c1. The van der Waals surface area contributed by atoms with Gasteiger partial charge < -0.3 is 19.7 Å². The molecular weight excluding hydrogens is 442 g/mol. The third kappa shape index (κ3) is 5.71. The van der Waals surface area contributed by atoms with Crippen LogP contribution in [0.25, 0.3) is 0 Å². The summed E-state index contributed by atoms with van der Waals surface area (Å²) in [6.07, 6.45) is 1.69. The average molecular weight is 462 g/mol. The van der Waals surface area contributed by atoms with Crippen LogP contribution >= 0.6 is 27.3 Å². The summed E-state index contributed by atoms with van der Waals surface area (Å²) in [6.45, 7) is 0.956. The number of aromatic nitrogens is 1. The molecule has 0 unspecified atom stereocenters. The van der Waals surface area contributed by atoms with Crippen LogP contribution in [-0.4, -0.2) is 30.1 Å². The molecule has 0 fully saturated rings. The monoisotopic (exact) mass is 461 g/mol. The molecule has 2 amide bonds. The summed E-state index contributed by atoms with van der Waals surface area (Å²) in [5.41, 5.74) is 0.888. The summed E-state index contributed by atoms with van der Waals surface area (Å²) < 4.78 is 11.9.